The second kappa shape index (κ2) is 47.8. The van der Waals surface area contributed by atoms with Crippen LogP contribution in [0.4, 0.5) is 0 Å². The van der Waals surface area contributed by atoms with E-state index in [4.69, 9.17) is 17.2 Å². The molecule has 0 radical (unpaired) electrons. The molecule has 0 unspecified atom stereocenters. The number of aromatic nitrogens is 2. The fraction of sp³-hybridized carbons (Fsp3) is 0.731. The number of nitrogens with two attached hydrogens (primary N) is 3. The SMILES string of the molecule is CC[C@H](C)[C@H](NC(=O)[C@@H](N)CO)C(=O)N[C@@H](CC(C)C)C(=O)N1CCC[C@H]1C(=O)N1CCC[C@H]1C(=O)N1CCC[C@H]1C(=O)N[C@@H](Cc1cnc[nH]1)C(=O)N[C@@H](CCCN=C(N)N)C(=O)N1CCC[C@H]1C(=O)N[C@H](C(=O)N[C@@H](CS)C(=O)N[C@@H](C)C(=O)N[C@@H](CCC(=O)O)C(=O)N[C@@H](CC(C)C)C(=O)N[C@@H](CO)C(=O)N1CCC[C@H]1C(=O)O)[C@@H](C)CC. The molecule has 6 rings (SSSR count). The number of aliphatic hydroxyl groups is 2. The third-order valence-corrected chi connectivity index (χ3v) is 23.1. The van der Waals surface area contributed by atoms with Crippen molar-refractivity contribution in [2.45, 2.75) is 281 Å². The summed E-state index contributed by atoms with van der Waals surface area (Å²) in [6, 6.07) is -21.0. The Morgan fingerprint density at radius 2 is 0.917 bits per heavy atom. The zero-order valence-corrected chi connectivity index (χ0v) is 71.4. The van der Waals surface area contributed by atoms with Gasteiger partial charge in [-0.15, -0.1) is 0 Å². The maximum Gasteiger partial charge on any atom is 0.326 e. The average Bonchev–Trinajstić information content (AvgIpc) is 1.66. The standard InChI is InChI=1S/C78H127N21O21S/c1-10-42(7)60(93-63(105)46(79)36-100)70(112)90-51(33-41(5)6)73(115)97-29-15-21-56(97)76(118)98-30-16-22-57(98)75(117)96-28-14-19-54(96)68(110)89-50(34-45-35-82-39-84-45)66(108)87-48(18-12-26-83-78(80)81)72(114)95-27-13-20-55(95)69(111)94-61(43(8)11-2)71(113)92-53(38-121)67(109)85-44(9)62(104)86-47(24-25-59(102)103)64(106)88-49(32-40(3)4)65(107)91-52(37-101)74(116)99-31-17-23-58(99)77(119)120/h35,39-44,46-58,60-61,100-101,121H,10-34,36-38,79H2,1-9H3,(H,82,84)(H,85,109)(H,86,104)(H,87,108)(H,88,106)(H,89,110)(H,90,112)(H,91,107)(H,92,113)(H,93,105)(H,94,111)(H,102,103)(H,119,120)(H4,80,81,83)/t42-,43-,44-,46-,47-,48-,49-,50-,51-,52-,53-,54-,55-,56-,57-,58-,60-,61-/m0/s1. The summed E-state index contributed by atoms with van der Waals surface area (Å²) in [6.45, 7) is 14.2. The monoisotopic (exact) mass is 1730 g/mol. The molecule has 1 aromatic heterocycles. The van der Waals surface area contributed by atoms with Crippen molar-refractivity contribution in [2.75, 3.05) is 58.2 Å². The van der Waals surface area contributed by atoms with Gasteiger partial charge in [0.25, 0.3) is 0 Å². The first-order valence-corrected chi connectivity index (χ1v) is 42.6. The Kier molecular flexibility index (Phi) is 39.3. The summed E-state index contributed by atoms with van der Waals surface area (Å²) in [5.41, 5.74) is 17.5. The Balaban J connectivity index is 1.13. The number of aromatic amines is 1. The van der Waals surface area contributed by atoms with Crippen LogP contribution in [-0.2, 0) is 87.9 Å². The first kappa shape index (κ1) is 99.5. The minimum absolute atomic E-state index is 0.00199. The van der Waals surface area contributed by atoms with Gasteiger partial charge in [0.1, 0.15) is 96.7 Å². The van der Waals surface area contributed by atoms with Gasteiger partial charge in [-0.25, -0.2) is 9.78 Å². The minimum Gasteiger partial charge on any atom is -0.481 e. The highest BCUT2D eigenvalue weighted by Gasteiger charge is 2.49. The van der Waals surface area contributed by atoms with Gasteiger partial charge in [0.2, 0.25) is 88.6 Å². The fourth-order valence-corrected chi connectivity index (χ4v) is 15.9. The van der Waals surface area contributed by atoms with E-state index >= 15 is 4.79 Å². The molecule has 42 nitrogen and oxygen atoms in total. The molecule has 0 bridgehead atoms. The normalized spacial score (nSPS) is 21.0. The summed E-state index contributed by atoms with van der Waals surface area (Å²) in [5.74, 6) is -16.4. The minimum atomic E-state index is -1.64. The number of amides is 15. The van der Waals surface area contributed by atoms with E-state index in [1.165, 1.54) is 39.0 Å². The highest BCUT2D eigenvalue weighted by Crippen LogP contribution is 2.31. The number of likely N-dealkylation sites (tertiary alicyclic amines) is 5. The van der Waals surface area contributed by atoms with Crippen LogP contribution >= 0.6 is 12.6 Å². The molecule has 5 fully saturated rings. The third kappa shape index (κ3) is 28.1. The van der Waals surface area contributed by atoms with Crippen molar-refractivity contribution >= 4 is 119 Å². The van der Waals surface area contributed by atoms with Crippen LogP contribution in [0, 0.1) is 23.7 Å². The topological polar surface area (TPSA) is 627 Å². The smallest absolute Gasteiger partial charge is 0.326 e. The van der Waals surface area contributed by atoms with Gasteiger partial charge in [0.05, 0.1) is 19.5 Å². The lowest BCUT2D eigenvalue weighted by Crippen LogP contribution is -2.61. The van der Waals surface area contributed by atoms with Crippen LogP contribution in [0.2, 0.25) is 0 Å². The van der Waals surface area contributed by atoms with Crippen molar-refractivity contribution in [2.24, 2.45) is 45.9 Å². The first-order chi connectivity index (χ1) is 57.3. The second-order valence-electron chi connectivity index (χ2n) is 32.8. The van der Waals surface area contributed by atoms with Gasteiger partial charge in [-0.2, -0.15) is 12.6 Å². The predicted molar refractivity (Wildman–Crippen MR) is 439 cm³/mol. The third-order valence-electron chi connectivity index (χ3n) is 22.7. The molecule has 1 aromatic rings. The number of carbonyl (C=O) groups excluding carboxylic acids is 15. The zero-order valence-electron chi connectivity index (χ0n) is 70.5. The predicted octanol–water partition coefficient (Wildman–Crippen LogP) is -4.80. The fourth-order valence-electron chi connectivity index (χ4n) is 15.6. The van der Waals surface area contributed by atoms with Crippen LogP contribution in [0.25, 0.3) is 0 Å². The van der Waals surface area contributed by atoms with Gasteiger partial charge in [-0.3, -0.25) is 81.7 Å². The molecule has 5 saturated heterocycles. The molecule has 0 saturated carbocycles. The number of aliphatic imine (C=N–C) groups is 1. The molecular weight excluding hydrogens is 1600 g/mol. The van der Waals surface area contributed by atoms with Gasteiger partial charge in [0, 0.05) is 69.8 Å². The van der Waals surface area contributed by atoms with E-state index in [0.717, 1.165) is 4.90 Å². The molecule has 15 amide bonds. The van der Waals surface area contributed by atoms with E-state index in [1.807, 2.05) is 20.8 Å². The molecule has 0 spiro atoms. The van der Waals surface area contributed by atoms with Crippen molar-refractivity contribution in [3.05, 3.63) is 18.2 Å². The highest BCUT2D eigenvalue weighted by atomic mass is 32.1. The molecule has 676 valence electrons. The first-order valence-electron chi connectivity index (χ1n) is 41.9. The number of H-pyrrole nitrogens is 1. The molecule has 43 heteroatoms. The van der Waals surface area contributed by atoms with Gasteiger partial charge < -0.3 is 120 Å². The van der Waals surface area contributed by atoms with E-state index < -0.39 is 235 Å². The number of carboxylic acid groups (broad SMARTS) is 2. The molecule has 21 N–H and O–H groups in total. The zero-order chi connectivity index (χ0) is 89.8. The van der Waals surface area contributed by atoms with Crippen LogP contribution in [0.15, 0.2) is 17.5 Å². The van der Waals surface area contributed by atoms with Crippen LogP contribution in [0.3, 0.4) is 0 Å². The number of hydrogen-bond acceptors (Lipinski definition) is 23. The molecule has 6 heterocycles. The van der Waals surface area contributed by atoms with Crippen LogP contribution in [-0.4, -0.2) is 316 Å². The molecular formula is C78H127N21O21S. The molecule has 5 aliphatic rings. The van der Waals surface area contributed by atoms with Crippen molar-refractivity contribution in [3.8, 4) is 0 Å². The maximum atomic E-state index is 15.1. The van der Waals surface area contributed by atoms with E-state index in [1.54, 1.807) is 34.6 Å². The maximum absolute atomic E-state index is 15.1. The number of carboxylic acids is 2. The lowest BCUT2D eigenvalue weighted by molar-refractivity contribution is -0.151. The van der Waals surface area contributed by atoms with E-state index in [0.29, 0.717) is 37.8 Å². The van der Waals surface area contributed by atoms with Crippen LogP contribution < -0.4 is 70.4 Å². The Morgan fingerprint density at radius 1 is 0.488 bits per heavy atom. The lowest BCUT2D eigenvalue weighted by atomic mass is 9.96. The summed E-state index contributed by atoms with van der Waals surface area (Å²) in [5, 5.41) is 65.0. The van der Waals surface area contributed by atoms with E-state index in [9.17, 15) is 97.1 Å². The molecule has 121 heavy (non-hydrogen) atoms. The molecule has 0 aliphatic carbocycles. The molecule has 18 atom stereocenters. The van der Waals surface area contributed by atoms with Crippen LogP contribution in [0.5, 0.6) is 0 Å². The number of nitrogens with one attached hydrogen (secondary N) is 11. The highest BCUT2D eigenvalue weighted by molar-refractivity contribution is 7.80. The van der Waals surface area contributed by atoms with E-state index in [-0.39, 0.29) is 140 Å². The van der Waals surface area contributed by atoms with Gasteiger partial charge in [0.15, 0.2) is 5.96 Å². The van der Waals surface area contributed by atoms with Crippen molar-refractivity contribution in [1.82, 2.24) is 87.6 Å². The largest absolute Gasteiger partial charge is 0.481 e. The van der Waals surface area contributed by atoms with Crippen molar-refractivity contribution < 1.29 is 102 Å². The molecule has 0 aromatic carbocycles. The summed E-state index contributed by atoms with van der Waals surface area (Å²) in [7, 11) is 0. The number of aliphatic carboxylic acids is 2. The Hall–Kier alpha value is -10.3. The number of guanidine groups is 1. The van der Waals surface area contributed by atoms with Crippen molar-refractivity contribution in [1.29, 1.82) is 0 Å². The number of aliphatic hydroxyl groups excluding tert-OH is 2. The van der Waals surface area contributed by atoms with Gasteiger partial charge >= 0.3 is 11.9 Å². The molecule has 5 aliphatic heterocycles. The van der Waals surface area contributed by atoms with E-state index in [2.05, 4.69) is 80.8 Å². The van der Waals surface area contributed by atoms with Crippen molar-refractivity contribution in [3.63, 3.8) is 0 Å². The number of imidazole rings is 1. The summed E-state index contributed by atoms with van der Waals surface area (Å²) in [6.07, 6.45) is 5.04. The summed E-state index contributed by atoms with van der Waals surface area (Å²) >= 11 is 4.30. The summed E-state index contributed by atoms with van der Waals surface area (Å²) in [4.78, 5) is 255. The Labute approximate surface area is 708 Å². The number of thiol groups is 1. The van der Waals surface area contributed by atoms with Gasteiger partial charge in [-0.05, 0) is 127 Å². The lowest BCUT2D eigenvalue weighted by Gasteiger charge is -2.35. The quantitative estimate of drug-likeness (QED) is 0.0126. The Morgan fingerprint density at radius 3 is 1.44 bits per heavy atom. The average molecular weight is 1730 g/mol. The number of rotatable bonds is 46. The second-order valence-corrected chi connectivity index (χ2v) is 33.1. The number of carbonyl (C=O) groups is 17. The Bertz CT molecular complexity index is 3830. The van der Waals surface area contributed by atoms with Crippen LogP contribution in [0.1, 0.15) is 184 Å². The number of hydrogen-bond donors (Lipinski definition) is 19. The number of nitrogens with zero attached hydrogens (tertiary/aromatic N) is 7. The summed E-state index contributed by atoms with van der Waals surface area (Å²) < 4.78 is 0. The van der Waals surface area contributed by atoms with Gasteiger partial charge in [-0.1, -0.05) is 68.2 Å².